The first-order chi connectivity index (χ1) is 10.2. The summed E-state index contributed by atoms with van der Waals surface area (Å²) in [5, 5.41) is 7.19. The molecule has 0 radical (unpaired) electrons. The van der Waals surface area contributed by atoms with Crippen molar-refractivity contribution in [1.29, 1.82) is 0 Å². The van der Waals surface area contributed by atoms with Crippen molar-refractivity contribution in [3.05, 3.63) is 52.6 Å². The fourth-order valence-electron chi connectivity index (χ4n) is 3.29. The third kappa shape index (κ3) is 1.95. The van der Waals surface area contributed by atoms with E-state index in [1.54, 1.807) is 12.1 Å². The number of H-pyrrole nitrogens is 1. The molecule has 2 heterocycles. The number of nitrogens with zero attached hydrogens (tertiary/aromatic N) is 2. The van der Waals surface area contributed by atoms with E-state index < -0.39 is 0 Å². The van der Waals surface area contributed by atoms with Crippen LogP contribution in [0.15, 0.2) is 24.3 Å². The van der Waals surface area contributed by atoms with E-state index in [0.717, 1.165) is 49.0 Å². The average Bonchev–Trinajstić information content (AvgIpc) is 3.02. The van der Waals surface area contributed by atoms with Crippen LogP contribution >= 0.6 is 0 Å². The van der Waals surface area contributed by atoms with Gasteiger partial charge in [0, 0.05) is 17.8 Å². The predicted molar refractivity (Wildman–Crippen MR) is 75.4 cm³/mol. The zero-order chi connectivity index (χ0) is 14.4. The van der Waals surface area contributed by atoms with Gasteiger partial charge in [0.2, 0.25) is 0 Å². The minimum absolute atomic E-state index is 0.00465. The van der Waals surface area contributed by atoms with E-state index in [4.69, 9.17) is 0 Å². The van der Waals surface area contributed by atoms with Gasteiger partial charge in [-0.1, -0.05) is 12.1 Å². The van der Waals surface area contributed by atoms with Crippen molar-refractivity contribution in [3.8, 4) is 0 Å². The lowest BCUT2D eigenvalue weighted by Crippen LogP contribution is -2.45. The molecule has 2 aromatic rings. The second-order valence-corrected chi connectivity index (χ2v) is 5.74. The van der Waals surface area contributed by atoms with Gasteiger partial charge in [0.15, 0.2) is 5.69 Å². The number of nitrogens with one attached hydrogen (secondary N) is 1. The number of fused-ring (bicyclic) bond motifs is 1. The zero-order valence-electron chi connectivity index (χ0n) is 11.6. The fraction of sp³-hybridized carbons (Fsp3) is 0.375. The van der Waals surface area contributed by atoms with Crippen molar-refractivity contribution in [2.75, 3.05) is 6.54 Å². The smallest absolute Gasteiger partial charge is 0.275 e. The molecule has 1 aliphatic carbocycles. The summed E-state index contributed by atoms with van der Waals surface area (Å²) in [6.45, 7) is 0.739. The largest absolute Gasteiger partial charge is 0.330 e. The summed E-state index contributed by atoms with van der Waals surface area (Å²) >= 11 is 0. The first kappa shape index (κ1) is 12.6. The van der Waals surface area contributed by atoms with E-state index in [-0.39, 0.29) is 17.8 Å². The van der Waals surface area contributed by atoms with Gasteiger partial charge in [-0.3, -0.25) is 9.89 Å². The normalized spacial score (nSPS) is 20.2. The average molecular weight is 285 g/mol. The van der Waals surface area contributed by atoms with Gasteiger partial charge >= 0.3 is 0 Å². The molecule has 1 aliphatic heterocycles. The van der Waals surface area contributed by atoms with Gasteiger partial charge in [0.05, 0.1) is 6.04 Å². The van der Waals surface area contributed by atoms with Crippen LogP contribution in [0.3, 0.4) is 0 Å². The van der Waals surface area contributed by atoms with Gasteiger partial charge in [-0.2, -0.15) is 5.10 Å². The van der Waals surface area contributed by atoms with Crippen LogP contribution < -0.4 is 0 Å². The number of hydrogen-bond donors (Lipinski definition) is 1. The van der Waals surface area contributed by atoms with Gasteiger partial charge < -0.3 is 4.90 Å². The van der Waals surface area contributed by atoms with Crippen molar-refractivity contribution in [2.24, 2.45) is 0 Å². The summed E-state index contributed by atoms with van der Waals surface area (Å²) in [6.07, 6.45) is 3.92. The molecule has 2 aliphatic rings. The monoisotopic (exact) mass is 285 g/mol. The van der Waals surface area contributed by atoms with E-state index in [1.165, 1.54) is 12.1 Å². The van der Waals surface area contributed by atoms with Crippen LogP contribution in [0.5, 0.6) is 0 Å². The Bertz CT molecular complexity index is 692. The Morgan fingerprint density at radius 3 is 2.81 bits per heavy atom. The number of carbonyl (C=O) groups is 1. The quantitative estimate of drug-likeness (QED) is 0.922. The van der Waals surface area contributed by atoms with Crippen LogP contribution in [0, 0.1) is 5.82 Å². The highest BCUT2D eigenvalue weighted by atomic mass is 19.1. The van der Waals surface area contributed by atoms with Crippen molar-refractivity contribution < 1.29 is 9.18 Å². The van der Waals surface area contributed by atoms with Crippen LogP contribution in [0.4, 0.5) is 4.39 Å². The fourth-order valence-corrected chi connectivity index (χ4v) is 3.29. The minimum atomic E-state index is -0.249. The summed E-state index contributed by atoms with van der Waals surface area (Å²) in [5.41, 5.74) is 3.76. The van der Waals surface area contributed by atoms with Crippen molar-refractivity contribution in [3.63, 3.8) is 0 Å². The number of amides is 1. The van der Waals surface area contributed by atoms with E-state index >= 15 is 0 Å². The second kappa shape index (κ2) is 4.69. The molecule has 0 unspecified atom stereocenters. The molecule has 0 bridgehead atoms. The molecule has 1 saturated heterocycles. The van der Waals surface area contributed by atoms with Crippen molar-refractivity contribution in [2.45, 2.75) is 31.7 Å². The molecular formula is C16H16FN3O. The van der Waals surface area contributed by atoms with E-state index in [9.17, 15) is 9.18 Å². The van der Waals surface area contributed by atoms with Gasteiger partial charge in [-0.15, -0.1) is 0 Å². The Kier molecular flexibility index (Phi) is 2.80. The Labute approximate surface area is 122 Å². The number of aryl methyl sites for hydroxylation is 1. The van der Waals surface area contributed by atoms with E-state index in [0.29, 0.717) is 5.69 Å². The number of aromatic nitrogens is 2. The maximum Gasteiger partial charge on any atom is 0.275 e. The number of benzene rings is 1. The second-order valence-electron chi connectivity index (χ2n) is 5.74. The molecule has 4 nitrogen and oxygen atoms in total. The Balaban J connectivity index is 1.58. The molecule has 1 fully saturated rings. The SMILES string of the molecule is O=C(c1n[nH]c2c1CCC2)N1CC[C@@H]1c1ccc(F)cc1. The van der Waals surface area contributed by atoms with E-state index in [2.05, 4.69) is 10.2 Å². The third-order valence-corrected chi connectivity index (χ3v) is 4.54. The van der Waals surface area contributed by atoms with Crippen LogP contribution in [-0.2, 0) is 12.8 Å². The molecular weight excluding hydrogens is 269 g/mol. The van der Waals surface area contributed by atoms with Crippen molar-refractivity contribution in [1.82, 2.24) is 15.1 Å². The van der Waals surface area contributed by atoms with Crippen LogP contribution in [0.25, 0.3) is 0 Å². The molecule has 4 rings (SSSR count). The molecule has 5 heteroatoms. The Morgan fingerprint density at radius 2 is 2.10 bits per heavy atom. The molecule has 1 aromatic carbocycles. The molecule has 0 spiro atoms. The lowest BCUT2D eigenvalue weighted by Gasteiger charge is -2.41. The van der Waals surface area contributed by atoms with E-state index in [1.807, 2.05) is 4.90 Å². The molecule has 1 N–H and O–H groups in total. The molecule has 108 valence electrons. The molecule has 1 aromatic heterocycles. The summed E-state index contributed by atoms with van der Waals surface area (Å²) in [5.74, 6) is -0.254. The van der Waals surface area contributed by atoms with Gasteiger partial charge in [0.1, 0.15) is 5.82 Å². The van der Waals surface area contributed by atoms with Gasteiger partial charge in [-0.25, -0.2) is 4.39 Å². The topological polar surface area (TPSA) is 49.0 Å². The Morgan fingerprint density at radius 1 is 1.29 bits per heavy atom. The Hall–Kier alpha value is -2.17. The lowest BCUT2D eigenvalue weighted by molar-refractivity contribution is 0.0453. The van der Waals surface area contributed by atoms with Gasteiger partial charge in [0.25, 0.3) is 5.91 Å². The maximum absolute atomic E-state index is 13.0. The predicted octanol–water partition coefficient (Wildman–Crippen LogP) is 2.62. The maximum atomic E-state index is 13.0. The highest BCUT2D eigenvalue weighted by Gasteiger charge is 2.36. The number of carbonyl (C=O) groups excluding carboxylic acids is 1. The number of likely N-dealkylation sites (tertiary alicyclic amines) is 1. The van der Waals surface area contributed by atoms with Crippen molar-refractivity contribution >= 4 is 5.91 Å². The summed E-state index contributed by atoms with van der Waals surface area (Å²) in [6, 6.07) is 6.46. The third-order valence-electron chi connectivity index (χ3n) is 4.54. The number of rotatable bonds is 2. The highest BCUT2D eigenvalue weighted by Crippen LogP contribution is 2.35. The first-order valence-corrected chi connectivity index (χ1v) is 7.36. The summed E-state index contributed by atoms with van der Waals surface area (Å²) < 4.78 is 13.0. The highest BCUT2D eigenvalue weighted by molar-refractivity contribution is 5.95. The van der Waals surface area contributed by atoms with Gasteiger partial charge in [-0.05, 0) is 43.4 Å². The van der Waals surface area contributed by atoms with Crippen LogP contribution in [0.1, 0.15) is 46.2 Å². The number of halogens is 1. The molecule has 0 saturated carbocycles. The first-order valence-electron chi connectivity index (χ1n) is 7.36. The zero-order valence-corrected chi connectivity index (χ0v) is 11.6. The van der Waals surface area contributed by atoms with Crippen LogP contribution in [-0.4, -0.2) is 27.5 Å². The molecule has 1 atom stereocenters. The minimum Gasteiger partial charge on any atom is -0.330 e. The molecule has 21 heavy (non-hydrogen) atoms. The summed E-state index contributed by atoms with van der Waals surface area (Å²) in [4.78, 5) is 14.5. The van der Waals surface area contributed by atoms with Crippen LogP contribution in [0.2, 0.25) is 0 Å². The lowest BCUT2D eigenvalue weighted by atomic mass is 9.94. The number of aromatic amines is 1. The number of hydrogen-bond acceptors (Lipinski definition) is 2. The summed E-state index contributed by atoms with van der Waals surface area (Å²) in [7, 11) is 0. The standard InChI is InChI=1S/C16H16FN3O/c17-11-6-4-10(5-7-11)14-8-9-20(14)16(21)15-12-2-1-3-13(12)18-19-15/h4-7,14H,1-3,8-9H2,(H,18,19)/t14-/m1/s1. The molecule has 1 amide bonds.